The maximum Gasteiger partial charge on any atom is 0.416 e. The predicted molar refractivity (Wildman–Crippen MR) is 85.6 cm³/mol. The normalized spacial score (nSPS) is 12.5. The largest absolute Gasteiger partial charge is 0.416 e. The first-order valence-electron chi connectivity index (χ1n) is 7.24. The van der Waals surface area contributed by atoms with E-state index in [-0.39, 0.29) is 6.04 Å². The van der Waals surface area contributed by atoms with Gasteiger partial charge in [-0.3, -0.25) is 4.79 Å². The van der Waals surface area contributed by atoms with Gasteiger partial charge in [-0.25, -0.2) is 0 Å². The van der Waals surface area contributed by atoms with Crippen molar-refractivity contribution in [2.45, 2.75) is 19.1 Å². The third-order valence-electron chi connectivity index (χ3n) is 3.41. The highest BCUT2D eigenvalue weighted by Crippen LogP contribution is 2.30. The lowest BCUT2D eigenvalue weighted by Gasteiger charge is -2.17. The second-order valence-corrected chi connectivity index (χ2v) is 5.27. The number of hydrogen-bond donors (Lipinski definition) is 3. The minimum Gasteiger partial charge on any atom is -0.387 e. The van der Waals surface area contributed by atoms with E-state index in [9.17, 15) is 18.0 Å². The second-order valence-electron chi connectivity index (χ2n) is 5.27. The zero-order valence-electron chi connectivity index (χ0n) is 12.9. The lowest BCUT2D eigenvalue weighted by Crippen LogP contribution is -2.15. The van der Waals surface area contributed by atoms with Crippen molar-refractivity contribution in [1.29, 1.82) is 0 Å². The monoisotopic (exact) mass is 338 g/mol. The molecule has 0 radical (unpaired) electrons. The molecule has 4 nitrogen and oxygen atoms in total. The fourth-order valence-corrected chi connectivity index (χ4v) is 2.18. The number of amides is 1. The molecule has 128 valence electrons. The highest BCUT2D eigenvalue weighted by molar-refractivity contribution is 5.91. The van der Waals surface area contributed by atoms with Crippen LogP contribution >= 0.6 is 0 Å². The van der Waals surface area contributed by atoms with E-state index >= 15 is 0 Å². The average molecular weight is 338 g/mol. The van der Waals surface area contributed by atoms with Gasteiger partial charge in [0.1, 0.15) is 6.61 Å². The molecule has 0 saturated carbocycles. The molecule has 0 aliphatic rings. The van der Waals surface area contributed by atoms with Gasteiger partial charge < -0.3 is 15.7 Å². The minimum absolute atomic E-state index is 0.226. The van der Waals surface area contributed by atoms with Crippen LogP contribution in [0.25, 0.3) is 0 Å². The van der Waals surface area contributed by atoms with E-state index in [1.54, 1.807) is 24.3 Å². The van der Waals surface area contributed by atoms with Crippen molar-refractivity contribution in [1.82, 2.24) is 0 Å². The lowest BCUT2D eigenvalue weighted by molar-refractivity contribution is -0.137. The Morgan fingerprint density at radius 1 is 1.12 bits per heavy atom. The Kier molecular flexibility index (Phi) is 5.46. The number of benzene rings is 2. The van der Waals surface area contributed by atoms with E-state index in [1.165, 1.54) is 12.1 Å². The van der Waals surface area contributed by atoms with Crippen molar-refractivity contribution < 1.29 is 23.1 Å². The Morgan fingerprint density at radius 3 is 2.33 bits per heavy atom. The van der Waals surface area contributed by atoms with Crippen LogP contribution in [0.1, 0.15) is 24.1 Å². The number of carbonyl (C=O) groups excluding carboxylic acids is 1. The zero-order chi connectivity index (χ0) is 17.7. The van der Waals surface area contributed by atoms with E-state index < -0.39 is 24.3 Å². The van der Waals surface area contributed by atoms with Gasteiger partial charge in [0.15, 0.2) is 0 Å². The van der Waals surface area contributed by atoms with Gasteiger partial charge in [-0.05, 0) is 42.8 Å². The van der Waals surface area contributed by atoms with Crippen LogP contribution in [0.3, 0.4) is 0 Å². The molecule has 0 unspecified atom stereocenters. The van der Waals surface area contributed by atoms with Crippen LogP contribution < -0.4 is 10.6 Å². The summed E-state index contributed by atoms with van der Waals surface area (Å²) in [5.74, 6) is -0.525. The molecule has 1 atom stereocenters. The molecule has 0 aliphatic carbocycles. The Hall–Kier alpha value is -2.54. The van der Waals surface area contributed by atoms with Crippen molar-refractivity contribution in [3.63, 3.8) is 0 Å². The number of aliphatic hydroxyl groups excluding tert-OH is 1. The van der Waals surface area contributed by atoms with E-state index in [0.29, 0.717) is 16.9 Å². The molecule has 2 rings (SSSR count). The molecule has 24 heavy (non-hydrogen) atoms. The molecule has 2 aromatic rings. The van der Waals surface area contributed by atoms with Crippen LogP contribution in [-0.2, 0) is 11.0 Å². The van der Waals surface area contributed by atoms with Crippen LogP contribution in [0.15, 0.2) is 48.5 Å². The summed E-state index contributed by atoms with van der Waals surface area (Å²) in [5.41, 5.74) is 1.22. The number of halogens is 3. The molecule has 0 aromatic heterocycles. The standard InChI is InChI=1S/C17H17F3N2O2/c1-11(12-5-7-13(8-6-12)17(18,19)20)21-14-3-2-4-15(9-14)22-16(24)10-23/h2-9,11,21,23H,10H2,1H3,(H,22,24)/t11-/m1/s1. The SMILES string of the molecule is C[C@@H](Nc1cccc(NC(=O)CO)c1)c1ccc(C(F)(F)F)cc1. The molecule has 0 saturated heterocycles. The van der Waals surface area contributed by atoms with Crippen molar-refractivity contribution >= 4 is 17.3 Å². The Morgan fingerprint density at radius 2 is 1.75 bits per heavy atom. The highest BCUT2D eigenvalue weighted by Gasteiger charge is 2.30. The Bertz CT molecular complexity index is 700. The zero-order valence-corrected chi connectivity index (χ0v) is 12.9. The predicted octanol–water partition coefficient (Wildman–Crippen LogP) is 3.81. The van der Waals surface area contributed by atoms with Gasteiger partial charge in [0.2, 0.25) is 5.91 Å². The number of anilines is 2. The highest BCUT2D eigenvalue weighted by atomic mass is 19.4. The topological polar surface area (TPSA) is 61.4 Å². The summed E-state index contributed by atoms with van der Waals surface area (Å²) in [7, 11) is 0. The average Bonchev–Trinajstić information content (AvgIpc) is 2.54. The lowest BCUT2D eigenvalue weighted by atomic mass is 10.1. The molecule has 2 aromatic carbocycles. The fraction of sp³-hybridized carbons (Fsp3) is 0.235. The van der Waals surface area contributed by atoms with Crippen molar-refractivity contribution in [2.75, 3.05) is 17.2 Å². The molecule has 0 fully saturated rings. The summed E-state index contributed by atoms with van der Waals surface area (Å²) in [5, 5.41) is 14.4. The maximum absolute atomic E-state index is 12.6. The van der Waals surface area contributed by atoms with Crippen LogP contribution in [0.2, 0.25) is 0 Å². The van der Waals surface area contributed by atoms with Crippen LogP contribution in [-0.4, -0.2) is 17.6 Å². The molecular formula is C17H17F3N2O2. The fourth-order valence-electron chi connectivity index (χ4n) is 2.18. The first-order chi connectivity index (χ1) is 11.3. The Balaban J connectivity index is 2.08. The quantitative estimate of drug-likeness (QED) is 0.777. The number of rotatable bonds is 5. The number of nitrogens with one attached hydrogen (secondary N) is 2. The summed E-state index contributed by atoms with van der Waals surface area (Å²) in [6, 6.07) is 11.6. The van der Waals surface area contributed by atoms with Crippen LogP contribution in [0, 0.1) is 0 Å². The first-order valence-corrected chi connectivity index (χ1v) is 7.24. The number of hydrogen-bond acceptors (Lipinski definition) is 3. The van der Waals surface area contributed by atoms with Gasteiger partial charge in [-0.15, -0.1) is 0 Å². The van der Waals surface area contributed by atoms with E-state index in [4.69, 9.17) is 5.11 Å². The molecule has 0 bridgehead atoms. The second kappa shape index (κ2) is 7.35. The van der Waals surface area contributed by atoms with Gasteiger partial charge in [0, 0.05) is 17.4 Å². The summed E-state index contributed by atoms with van der Waals surface area (Å²) >= 11 is 0. The summed E-state index contributed by atoms with van der Waals surface area (Å²) in [6.07, 6.45) is -4.35. The molecule has 1 amide bonds. The van der Waals surface area contributed by atoms with Gasteiger partial charge in [-0.1, -0.05) is 18.2 Å². The Labute approximate surface area is 137 Å². The smallest absolute Gasteiger partial charge is 0.387 e. The number of aliphatic hydroxyl groups is 1. The number of carbonyl (C=O) groups is 1. The van der Waals surface area contributed by atoms with Gasteiger partial charge in [-0.2, -0.15) is 13.2 Å². The van der Waals surface area contributed by atoms with E-state index in [2.05, 4.69) is 10.6 Å². The summed E-state index contributed by atoms with van der Waals surface area (Å²) < 4.78 is 37.7. The van der Waals surface area contributed by atoms with Crippen molar-refractivity contribution in [3.05, 3.63) is 59.7 Å². The van der Waals surface area contributed by atoms with Crippen molar-refractivity contribution in [3.8, 4) is 0 Å². The van der Waals surface area contributed by atoms with Crippen molar-refractivity contribution in [2.24, 2.45) is 0 Å². The first kappa shape index (κ1) is 17.8. The van der Waals surface area contributed by atoms with Gasteiger partial charge in [0.25, 0.3) is 0 Å². The molecule has 0 aliphatic heterocycles. The minimum atomic E-state index is -4.35. The molecule has 0 heterocycles. The van der Waals surface area contributed by atoms with E-state index in [0.717, 1.165) is 12.1 Å². The third kappa shape index (κ3) is 4.73. The summed E-state index contributed by atoms with van der Waals surface area (Å²) in [4.78, 5) is 11.2. The molecule has 7 heteroatoms. The van der Waals surface area contributed by atoms with Gasteiger partial charge >= 0.3 is 6.18 Å². The number of alkyl halides is 3. The van der Waals surface area contributed by atoms with E-state index in [1.807, 2.05) is 6.92 Å². The summed E-state index contributed by atoms with van der Waals surface area (Å²) in [6.45, 7) is 1.21. The molecular weight excluding hydrogens is 321 g/mol. The van der Waals surface area contributed by atoms with Crippen LogP contribution in [0.5, 0.6) is 0 Å². The maximum atomic E-state index is 12.6. The molecule has 3 N–H and O–H groups in total. The van der Waals surface area contributed by atoms with Crippen LogP contribution in [0.4, 0.5) is 24.5 Å². The molecule has 0 spiro atoms. The third-order valence-corrected chi connectivity index (χ3v) is 3.41. The van der Waals surface area contributed by atoms with Gasteiger partial charge in [0.05, 0.1) is 5.56 Å².